The highest BCUT2D eigenvalue weighted by atomic mass is 16.5. The zero-order valence-corrected chi connectivity index (χ0v) is 13.1. The highest BCUT2D eigenvalue weighted by Gasteiger charge is 2.15. The number of hydrogen-bond acceptors (Lipinski definition) is 2. The number of rotatable bonds is 5. The summed E-state index contributed by atoms with van der Waals surface area (Å²) in [4.78, 5) is 3.36. The molecule has 0 saturated carbocycles. The van der Waals surface area contributed by atoms with E-state index in [1.165, 1.54) is 27.6 Å². The molecule has 114 valence electrons. The summed E-state index contributed by atoms with van der Waals surface area (Å²) in [5.41, 5.74) is 11.1. The molecule has 22 heavy (non-hydrogen) atoms. The zero-order chi connectivity index (χ0) is 15.5. The highest BCUT2D eigenvalue weighted by molar-refractivity contribution is 5.84. The second-order valence-electron chi connectivity index (χ2n) is 5.78. The lowest BCUT2D eigenvalue weighted by atomic mass is 9.91. The van der Waals surface area contributed by atoms with E-state index in [4.69, 9.17) is 10.5 Å². The fraction of sp³-hybridized carbons (Fsp3) is 0.263. The lowest BCUT2D eigenvalue weighted by Gasteiger charge is -2.15. The molecule has 0 spiro atoms. The van der Waals surface area contributed by atoms with E-state index in [0.29, 0.717) is 12.5 Å². The van der Waals surface area contributed by atoms with E-state index in [-0.39, 0.29) is 0 Å². The van der Waals surface area contributed by atoms with Gasteiger partial charge in [-0.15, -0.1) is 0 Å². The number of benzene rings is 2. The van der Waals surface area contributed by atoms with E-state index in [9.17, 15) is 0 Å². The van der Waals surface area contributed by atoms with Crippen LogP contribution in [0.15, 0.2) is 48.7 Å². The van der Waals surface area contributed by atoms with Crippen LogP contribution < -0.4 is 10.5 Å². The van der Waals surface area contributed by atoms with Crippen LogP contribution in [-0.4, -0.2) is 18.6 Å². The molecule has 0 aliphatic heterocycles. The van der Waals surface area contributed by atoms with Gasteiger partial charge < -0.3 is 15.5 Å². The SMILES string of the molecule is COc1ccc(CC(CN)c2c[nH]c3ccc(C)cc23)cc1. The first-order chi connectivity index (χ1) is 10.7. The number of ether oxygens (including phenoxy) is 1. The summed E-state index contributed by atoms with van der Waals surface area (Å²) in [5, 5.41) is 1.28. The Balaban J connectivity index is 1.90. The molecule has 0 amide bonds. The lowest BCUT2D eigenvalue weighted by Crippen LogP contribution is -2.14. The smallest absolute Gasteiger partial charge is 0.118 e. The van der Waals surface area contributed by atoms with Crippen LogP contribution in [-0.2, 0) is 6.42 Å². The van der Waals surface area contributed by atoms with E-state index in [1.54, 1.807) is 7.11 Å². The quantitative estimate of drug-likeness (QED) is 0.752. The van der Waals surface area contributed by atoms with E-state index < -0.39 is 0 Å². The monoisotopic (exact) mass is 294 g/mol. The van der Waals surface area contributed by atoms with Crippen LogP contribution in [0.1, 0.15) is 22.6 Å². The van der Waals surface area contributed by atoms with Gasteiger partial charge in [-0.2, -0.15) is 0 Å². The molecule has 1 heterocycles. The number of nitrogens with one attached hydrogen (secondary N) is 1. The second kappa shape index (κ2) is 6.24. The molecule has 0 saturated heterocycles. The standard InChI is InChI=1S/C19H22N2O/c1-13-3-8-19-17(9-13)18(12-21-19)15(11-20)10-14-4-6-16(22-2)7-5-14/h3-9,12,15,21H,10-11,20H2,1-2H3. The normalized spacial score (nSPS) is 12.5. The summed E-state index contributed by atoms with van der Waals surface area (Å²) in [6.45, 7) is 2.75. The summed E-state index contributed by atoms with van der Waals surface area (Å²) in [7, 11) is 1.69. The molecule has 3 heteroatoms. The van der Waals surface area contributed by atoms with Gasteiger partial charge in [0.1, 0.15) is 5.75 Å². The van der Waals surface area contributed by atoms with Gasteiger partial charge in [0, 0.05) is 23.0 Å². The van der Waals surface area contributed by atoms with Crippen LogP contribution in [0.5, 0.6) is 5.75 Å². The maximum Gasteiger partial charge on any atom is 0.118 e. The van der Waals surface area contributed by atoms with E-state index in [0.717, 1.165) is 12.2 Å². The van der Waals surface area contributed by atoms with Gasteiger partial charge in [0.2, 0.25) is 0 Å². The predicted octanol–water partition coefficient (Wildman–Crippen LogP) is 3.77. The van der Waals surface area contributed by atoms with Gasteiger partial charge in [-0.05, 0) is 55.3 Å². The van der Waals surface area contributed by atoms with Gasteiger partial charge in [0.05, 0.1) is 7.11 Å². The molecule has 0 radical (unpaired) electrons. The Morgan fingerprint density at radius 2 is 1.91 bits per heavy atom. The number of hydrogen-bond donors (Lipinski definition) is 2. The van der Waals surface area contributed by atoms with Crippen LogP contribution in [0, 0.1) is 6.92 Å². The van der Waals surface area contributed by atoms with E-state index in [2.05, 4.69) is 48.4 Å². The average Bonchev–Trinajstić information content (AvgIpc) is 2.96. The molecular formula is C19H22N2O. The summed E-state index contributed by atoms with van der Waals surface area (Å²) < 4.78 is 5.21. The minimum absolute atomic E-state index is 0.309. The van der Waals surface area contributed by atoms with Crippen molar-refractivity contribution in [2.24, 2.45) is 5.73 Å². The maximum atomic E-state index is 6.06. The predicted molar refractivity (Wildman–Crippen MR) is 91.5 cm³/mol. The Hall–Kier alpha value is -2.26. The molecule has 0 aliphatic carbocycles. The third-order valence-electron chi connectivity index (χ3n) is 4.23. The first kappa shape index (κ1) is 14.7. The summed E-state index contributed by atoms with van der Waals surface area (Å²) in [6.07, 6.45) is 3.03. The molecule has 2 aromatic carbocycles. The fourth-order valence-electron chi connectivity index (χ4n) is 2.96. The lowest BCUT2D eigenvalue weighted by molar-refractivity contribution is 0.414. The number of aromatic nitrogens is 1. The van der Waals surface area contributed by atoms with Crippen molar-refractivity contribution in [2.45, 2.75) is 19.3 Å². The van der Waals surface area contributed by atoms with Crippen molar-refractivity contribution in [1.29, 1.82) is 0 Å². The Kier molecular flexibility index (Phi) is 4.16. The molecule has 3 rings (SSSR count). The molecule has 0 aliphatic rings. The maximum absolute atomic E-state index is 6.06. The van der Waals surface area contributed by atoms with Gasteiger partial charge in [-0.25, -0.2) is 0 Å². The van der Waals surface area contributed by atoms with Crippen molar-refractivity contribution in [3.8, 4) is 5.75 Å². The number of nitrogens with two attached hydrogens (primary N) is 1. The zero-order valence-electron chi connectivity index (χ0n) is 13.1. The van der Waals surface area contributed by atoms with Crippen LogP contribution in [0.25, 0.3) is 10.9 Å². The van der Waals surface area contributed by atoms with Gasteiger partial charge in [0.15, 0.2) is 0 Å². The summed E-state index contributed by atoms with van der Waals surface area (Å²) >= 11 is 0. The van der Waals surface area contributed by atoms with Crippen molar-refractivity contribution in [1.82, 2.24) is 4.98 Å². The van der Waals surface area contributed by atoms with Crippen molar-refractivity contribution in [2.75, 3.05) is 13.7 Å². The summed E-state index contributed by atoms with van der Waals surface area (Å²) in [6, 6.07) is 14.7. The number of H-pyrrole nitrogens is 1. The summed E-state index contributed by atoms with van der Waals surface area (Å²) in [5.74, 6) is 1.19. The van der Waals surface area contributed by atoms with E-state index >= 15 is 0 Å². The van der Waals surface area contributed by atoms with Crippen LogP contribution in [0.2, 0.25) is 0 Å². The molecule has 1 aromatic heterocycles. The fourth-order valence-corrected chi connectivity index (χ4v) is 2.96. The third kappa shape index (κ3) is 2.85. The second-order valence-corrected chi connectivity index (χ2v) is 5.78. The first-order valence-electron chi connectivity index (χ1n) is 7.62. The van der Waals surface area contributed by atoms with Crippen LogP contribution in [0.3, 0.4) is 0 Å². The third-order valence-corrected chi connectivity index (χ3v) is 4.23. The molecule has 1 atom stereocenters. The first-order valence-corrected chi connectivity index (χ1v) is 7.62. The molecule has 3 nitrogen and oxygen atoms in total. The molecule has 1 unspecified atom stereocenters. The Morgan fingerprint density at radius 3 is 2.59 bits per heavy atom. The minimum atomic E-state index is 0.309. The van der Waals surface area contributed by atoms with Crippen molar-refractivity contribution in [3.05, 3.63) is 65.4 Å². The number of fused-ring (bicyclic) bond motifs is 1. The number of methoxy groups -OCH3 is 1. The van der Waals surface area contributed by atoms with Crippen molar-refractivity contribution in [3.63, 3.8) is 0 Å². The van der Waals surface area contributed by atoms with Gasteiger partial charge >= 0.3 is 0 Å². The average molecular weight is 294 g/mol. The molecule has 3 aromatic rings. The van der Waals surface area contributed by atoms with Gasteiger partial charge in [-0.1, -0.05) is 23.8 Å². The van der Waals surface area contributed by atoms with Crippen molar-refractivity contribution < 1.29 is 4.74 Å². The number of aromatic amines is 1. The molecule has 0 fully saturated rings. The minimum Gasteiger partial charge on any atom is -0.497 e. The Morgan fingerprint density at radius 1 is 1.14 bits per heavy atom. The molecule has 0 bridgehead atoms. The Labute approximate surface area is 131 Å². The Bertz CT molecular complexity index is 759. The van der Waals surface area contributed by atoms with Crippen LogP contribution >= 0.6 is 0 Å². The number of aryl methyl sites for hydroxylation is 1. The topological polar surface area (TPSA) is 51.0 Å². The largest absolute Gasteiger partial charge is 0.497 e. The molecular weight excluding hydrogens is 272 g/mol. The van der Waals surface area contributed by atoms with E-state index in [1.807, 2.05) is 12.1 Å². The van der Waals surface area contributed by atoms with Gasteiger partial charge in [0.25, 0.3) is 0 Å². The highest BCUT2D eigenvalue weighted by Crippen LogP contribution is 2.29. The molecule has 3 N–H and O–H groups in total. The van der Waals surface area contributed by atoms with Crippen molar-refractivity contribution >= 4 is 10.9 Å². The van der Waals surface area contributed by atoms with Crippen LogP contribution in [0.4, 0.5) is 0 Å². The van der Waals surface area contributed by atoms with Gasteiger partial charge in [-0.3, -0.25) is 0 Å².